The Labute approximate surface area is 170 Å². The zero-order valence-corrected chi connectivity index (χ0v) is 16.1. The number of hydrogen-bond acceptors (Lipinski definition) is 5. The molecule has 0 fully saturated rings. The second-order valence-corrected chi connectivity index (χ2v) is 7.24. The fourth-order valence-corrected chi connectivity index (χ4v) is 3.47. The summed E-state index contributed by atoms with van der Waals surface area (Å²) in [4.78, 5) is 0. The average molecular weight is 387 g/mol. The maximum atomic E-state index is 9.71. The largest absolute Gasteiger partial charge is 0.508 e. The fourth-order valence-electron chi connectivity index (χ4n) is 3.47. The van der Waals surface area contributed by atoms with Crippen LogP contribution in [0.15, 0.2) is 66.7 Å². The van der Waals surface area contributed by atoms with Crippen molar-refractivity contribution in [2.75, 3.05) is 0 Å². The molecule has 0 aliphatic rings. The molecule has 5 nitrogen and oxygen atoms in total. The summed E-state index contributed by atoms with van der Waals surface area (Å²) < 4.78 is 0. The SMILES string of the molecule is N#Cc1ccc(CCC(N)c2cccc(O)c2)c(CC(N)c2cccc(O)c2)c1. The van der Waals surface area contributed by atoms with Crippen molar-refractivity contribution in [3.63, 3.8) is 0 Å². The van der Waals surface area contributed by atoms with Crippen molar-refractivity contribution in [1.29, 1.82) is 5.26 Å². The van der Waals surface area contributed by atoms with E-state index in [0.717, 1.165) is 28.7 Å². The molecule has 3 aromatic carbocycles. The van der Waals surface area contributed by atoms with E-state index < -0.39 is 0 Å². The standard InChI is InChI=1S/C24H25N3O2/c25-15-16-7-8-17(9-10-23(26)18-3-1-5-21(28)12-18)20(11-16)14-24(27)19-4-2-6-22(29)13-19/h1-8,11-13,23-24,28-29H,9-10,14,26-27H2. The van der Waals surface area contributed by atoms with E-state index in [0.29, 0.717) is 18.4 Å². The molecular formula is C24H25N3O2. The second-order valence-electron chi connectivity index (χ2n) is 7.24. The molecule has 0 heterocycles. The number of rotatable bonds is 7. The van der Waals surface area contributed by atoms with Gasteiger partial charge in [-0.05, 0) is 77.9 Å². The first kappa shape index (κ1) is 20.4. The molecule has 0 radical (unpaired) electrons. The molecule has 148 valence electrons. The zero-order valence-electron chi connectivity index (χ0n) is 16.1. The summed E-state index contributed by atoms with van der Waals surface area (Å²) in [6.45, 7) is 0. The summed E-state index contributed by atoms with van der Waals surface area (Å²) >= 11 is 0. The second kappa shape index (κ2) is 9.24. The maximum Gasteiger partial charge on any atom is 0.115 e. The molecule has 5 heteroatoms. The topological polar surface area (TPSA) is 116 Å². The number of phenolic OH excluding ortho intramolecular Hbond substituents is 2. The highest BCUT2D eigenvalue weighted by molar-refractivity contribution is 5.40. The van der Waals surface area contributed by atoms with Crippen molar-refractivity contribution in [2.45, 2.75) is 31.3 Å². The van der Waals surface area contributed by atoms with Gasteiger partial charge in [0, 0.05) is 12.1 Å². The van der Waals surface area contributed by atoms with Crippen molar-refractivity contribution in [3.8, 4) is 17.6 Å². The van der Waals surface area contributed by atoms with Crippen molar-refractivity contribution >= 4 is 0 Å². The van der Waals surface area contributed by atoms with Crippen molar-refractivity contribution in [3.05, 3.63) is 94.5 Å². The van der Waals surface area contributed by atoms with Gasteiger partial charge in [0.1, 0.15) is 11.5 Å². The lowest BCUT2D eigenvalue weighted by Gasteiger charge is -2.18. The molecule has 0 saturated carbocycles. The van der Waals surface area contributed by atoms with Crippen LogP contribution in [-0.2, 0) is 12.8 Å². The third-order valence-electron chi connectivity index (χ3n) is 5.10. The lowest BCUT2D eigenvalue weighted by Crippen LogP contribution is -2.15. The van der Waals surface area contributed by atoms with Gasteiger partial charge in [0.05, 0.1) is 11.6 Å². The Hall–Kier alpha value is -3.33. The lowest BCUT2D eigenvalue weighted by atomic mass is 9.91. The summed E-state index contributed by atoms with van der Waals surface area (Å²) in [5, 5.41) is 28.6. The van der Waals surface area contributed by atoms with Crippen LogP contribution in [-0.4, -0.2) is 10.2 Å². The van der Waals surface area contributed by atoms with Crippen LogP contribution < -0.4 is 11.5 Å². The highest BCUT2D eigenvalue weighted by Crippen LogP contribution is 2.25. The lowest BCUT2D eigenvalue weighted by molar-refractivity contribution is 0.473. The number of hydrogen-bond donors (Lipinski definition) is 4. The van der Waals surface area contributed by atoms with Crippen LogP contribution in [0.2, 0.25) is 0 Å². The van der Waals surface area contributed by atoms with Crippen LogP contribution in [0.3, 0.4) is 0 Å². The summed E-state index contributed by atoms with van der Waals surface area (Å²) in [6.07, 6.45) is 1.98. The summed E-state index contributed by atoms with van der Waals surface area (Å²) in [5.41, 5.74) is 17.1. The number of aromatic hydroxyl groups is 2. The molecule has 0 spiro atoms. The molecule has 2 atom stereocenters. The van der Waals surface area contributed by atoms with E-state index in [-0.39, 0.29) is 23.6 Å². The van der Waals surface area contributed by atoms with Gasteiger partial charge in [0.25, 0.3) is 0 Å². The molecule has 2 unspecified atom stereocenters. The Balaban J connectivity index is 1.77. The minimum absolute atomic E-state index is 0.182. The summed E-state index contributed by atoms with van der Waals surface area (Å²) in [6, 6.07) is 21.2. The van der Waals surface area contributed by atoms with E-state index in [2.05, 4.69) is 6.07 Å². The number of nitrogens with two attached hydrogens (primary N) is 2. The van der Waals surface area contributed by atoms with Crippen LogP contribution in [0.4, 0.5) is 0 Å². The number of nitrogens with zero attached hydrogens (tertiary/aromatic N) is 1. The third-order valence-corrected chi connectivity index (χ3v) is 5.10. The van der Waals surface area contributed by atoms with Crippen LogP contribution in [0.1, 0.15) is 46.3 Å². The van der Waals surface area contributed by atoms with Crippen LogP contribution in [0.5, 0.6) is 11.5 Å². The number of phenols is 2. The third kappa shape index (κ3) is 5.35. The first-order chi connectivity index (χ1) is 14.0. The summed E-state index contributed by atoms with van der Waals surface area (Å²) in [7, 11) is 0. The quantitative estimate of drug-likeness (QED) is 0.491. The Morgan fingerprint density at radius 2 is 1.41 bits per heavy atom. The molecule has 0 aromatic heterocycles. The first-order valence-electron chi connectivity index (χ1n) is 9.57. The average Bonchev–Trinajstić information content (AvgIpc) is 2.72. The monoisotopic (exact) mass is 387 g/mol. The van der Waals surface area contributed by atoms with Crippen molar-refractivity contribution in [2.24, 2.45) is 11.5 Å². The highest BCUT2D eigenvalue weighted by Gasteiger charge is 2.14. The number of benzene rings is 3. The van der Waals surface area contributed by atoms with Crippen molar-refractivity contribution in [1.82, 2.24) is 0 Å². The smallest absolute Gasteiger partial charge is 0.115 e. The minimum atomic E-state index is -0.297. The van der Waals surface area contributed by atoms with Gasteiger partial charge in [-0.2, -0.15) is 5.26 Å². The Morgan fingerprint density at radius 1 is 0.793 bits per heavy atom. The van der Waals surface area contributed by atoms with Gasteiger partial charge in [-0.15, -0.1) is 0 Å². The van der Waals surface area contributed by atoms with Gasteiger partial charge in [-0.3, -0.25) is 0 Å². The van der Waals surface area contributed by atoms with Gasteiger partial charge in [0.2, 0.25) is 0 Å². The Morgan fingerprint density at radius 3 is 2.00 bits per heavy atom. The predicted octanol–water partition coefficient (Wildman–Crippen LogP) is 3.84. The van der Waals surface area contributed by atoms with E-state index in [1.165, 1.54) is 0 Å². The van der Waals surface area contributed by atoms with E-state index in [1.807, 2.05) is 24.3 Å². The van der Waals surface area contributed by atoms with E-state index >= 15 is 0 Å². The summed E-state index contributed by atoms with van der Waals surface area (Å²) in [5.74, 6) is 0.384. The van der Waals surface area contributed by atoms with Gasteiger partial charge in [0.15, 0.2) is 0 Å². The molecule has 0 bridgehead atoms. The molecule has 3 rings (SSSR count). The molecule has 0 aliphatic heterocycles. The van der Waals surface area contributed by atoms with Gasteiger partial charge in [-0.1, -0.05) is 30.3 Å². The van der Waals surface area contributed by atoms with E-state index in [9.17, 15) is 15.5 Å². The van der Waals surface area contributed by atoms with Crippen molar-refractivity contribution < 1.29 is 10.2 Å². The molecule has 0 saturated heterocycles. The normalized spacial score (nSPS) is 12.9. The zero-order chi connectivity index (χ0) is 20.8. The van der Waals surface area contributed by atoms with Crippen LogP contribution in [0, 0.1) is 11.3 Å². The highest BCUT2D eigenvalue weighted by atomic mass is 16.3. The minimum Gasteiger partial charge on any atom is -0.508 e. The van der Waals surface area contributed by atoms with E-state index in [4.69, 9.17) is 11.5 Å². The molecule has 0 aliphatic carbocycles. The van der Waals surface area contributed by atoms with Gasteiger partial charge in [-0.25, -0.2) is 0 Å². The van der Waals surface area contributed by atoms with Crippen LogP contribution >= 0.6 is 0 Å². The molecular weight excluding hydrogens is 362 g/mol. The van der Waals surface area contributed by atoms with Gasteiger partial charge >= 0.3 is 0 Å². The predicted molar refractivity (Wildman–Crippen MR) is 113 cm³/mol. The number of nitriles is 1. The molecule has 3 aromatic rings. The van der Waals surface area contributed by atoms with E-state index in [1.54, 1.807) is 42.5 Å². The fraction of sp³-hybridized carbons (Fsp3) is 0.208. The Kier molecular flexibility index (Phi) is 6.50. The molecule has 0 amide bonds. The van der Waals surface area contributed by atoms with Crippen LogP contribution in [0.25, 0.3) is 0 Å². The number of aryl methyl sites for hydroxylation is 1. The molecule has 29 heavy (non-hydrogen) atoms. The molecule has 6 N–H and O–H groups in total. The maximum absolute atomic E-state index is 9.71. The van der Waals surface area contributed by atoms with Gasteiger partial charge < -0.3 is 21.7 Å². The first-order valence-corrected chi connectivity index (χ1v) is 9.57. The Bertz CT molecular complexity index is 1030.